The third-order valence-corrected chi connectivity index (χ3v) is 3.18. The molecule has 18 heavy (non-hydrogen) atoms. The van der Waals surface area contributed by atoms with E-state index in [-0.39, 0.29) is 6.42 Å². The quantitative estimate of drug-likeness (QED) is 0.641. The van der Waals surface area contributed by atoms with E-state index >= 15 is 0 Å². The van der Waals surface area contributed by atoms with Gasteiger partial charge in [-0.1, -0.05) is 24.3 Å². The normalized spacial score (nSPS) is 15.9. The van der Waals surface area contributed by atoms with Crippen LogP contribution in [0.5, 0.6) is 0 Å². The summed E-state index contributed by atoms with van der Waals surface area (Å²) in [5.41, 5.74) is 1.38. The molecule has 0 fully saturated rings. The van der Waals surface area contributed by atoms with Gasteiger partial charge in [0.15, 0.2) is 0 Å². The lowest BCUT2D eigenvalue weighted by atomic mass is 9.87. The Kier molecular flexibility index (Phi) is 3.34. The van der Waals surface area contributed by atoms with Gasteiger partial charge < -0.3 is 5.11 Å². The first-order valence-electron chi connectivity index (χ1n) is 5.30. The number of benzene rings is 1. The smallest absolute Gasteiger partial charge is 0.304 e. The highest BCUT2D eigenvalue weighted by molar-refractivity contribution is 7.81. The third-order valence-electron chi connectivity index (χ3n) is 2.72. The third kappa shape index (κ3) is 2.22. The molecule has 2 rings (SSSR count). The molecule has 0 amide bonds. The highest BCUT2D eigenvalue weighted by atomic mass is 32.1. The van der Waals surface area contributed by atoms with Crippen molar-refractivity contribution in [1.82, 2.24) is 0 Å². The molecule has 0 aromatic heterocycles. The van der Waals surface area contributed by atoms with Crippen LogP contribution >= 0.6 is 12.6 Å². The highest BCUT2D eigenvalue weighted by Crippen LogP contribution is 2.31. The van der Waals surface area contributed by atoms with E-state index in [0.717, 1.165) is 0 Å². The molecule has 1 aliphatic carbocycles. The van der Waals surface area contributed by atoms with Crippen LogP contribution in [0.2, 0.25) is 0 Å². The van der Waals surface area contributed by atoms with Crippen molar-refractivity contribution in [2.45, 2.75) is 11.7 Å². The van der Waals surface area contributed by atoms with Gasteiger partial charge in [-0.15, -0.1) is 0 Å². The molecule has 0 radical (unpaired) electrons. The molecule has 0 heterocycles. The van der Waals surface area contributed by atoms with Gasteiger partial charge in [0.2, 0.25) is 11.6 Å². The minimum atomic E-state index is -1.00. The van der Waals surface area contributed by atoms with Gasteiger partial charge >= 0.3 is 5.97 Å². The summed E-state index contributed by atoms with van der Waals surface area (Å²) in [7, 11) is 0. The molecule has 5 heteroatoms. The number of carbonyl (C=O) groups excluding carboxylic acids is 2. The fraction of sp³-hybridized carbons (Fsp3) is 0.154. The van der Waals surface area contributed by atoms with Gasteiger partial charge in [-0.2, -0.15) is 12.6 Å². The van der Waals surface area contributed by atoms with Crippen LogP contribution in [0.3, 0.4) is 0 Å². The van der Waals surface area contributed by atoms with Crippen molar-refractivity contribution >= 4 is 35.7 Å². The lowest BCUT2D eigenvalue weighted by Gasteiger charge is -2.19. The standard InChI is InChI=1S/C13H10O4S/c14-10-5-9(11(18)6-12(15)16)7-3-1-2-4-8(7)13(10)17/h1-5,11,18H,6H2,(H,15,16). The summed E-state index contributed by atoms with van der Waals surface area (Å²) in [4.78, 5) is 33.9. The van der Waals surface area contributed by atoms with Crippen molar-refractivity contribution in [3.8, 4) is 0 Å². The van der Waals surface area contributed by atoms with Gasteiger partial charge in [-0.3, -0.25) is 14.4 Å². The Hall–Kier alpha value is -1.88. The van der Waals surface area contributed by atoms with Crippen LogP contribution in [-0.4, -0.2) is 27.9 Å². The Balaban J connectivity index is 2.48. The number of fused-ring (bicyclic) bond motifs is 1. The second-order valence-electron chi connectivity index (χ2n) is 3.95. The van der Waals surface area contributed by atoms with Crippen LogP contribution in [0.1, 0.15) is 22.3 Å². The maximum atomic E-state index is 11.7. The Morgan fingerprint density at radius 2 is 1.83 bits per heavy atom. The van der Waals surface area contributed by atoms with Gasteiger partial charge in [0, 0.05) is 10.8 Å². The first kappa shape index (κ1) is 12.6. The van der Waals surface area contributed by atoms with Crippen LogP contribution in [-0.2, 0) is 9.59 Å². The zero-order valence-corrected chi connectivity index (χ0v) is 10.2. The molecule has 0 saturated heterocycles. The topological polar surface area (TPSA) is 71.4 Å². The summed E-state index contributed by atoms with van der Waals surface area (Å²) >= 11 is 4.19. The van der Waals surface area contributed by atoms with Crippen LogP contribution in [0.4, 0.5) is 0 Å². The Labute approximate surface area is 109 Å². The predicted molar refractivity (Wildman–Crippen MR) is 68.8 cm³/mol. The predicted octanol–water partition coefficient (Wildman–Crippen LogP) is 1.61. The maximum Gasteiger partial charge on any atom is 0.304 e. The fourth-order valence-corrected chi connectivity index (χ4v) is 2.27. The molecule has 1 N–H and O–H groups in total. The summed E-state index contributed by atoms with van der Waals surface area (Å²) in [5.74, 6) is -2.20. The summed E-state index contributed by atoms with van der Waals surface area (Å²) in [5, 5.41) is 8.14. The molecular weight excluding hydrogens is 252 g/mol. The van der Waals surface area contributed by atoms with E-state index in [1.54, 1.807) is 24.3 Å². The number of hydrogen-bond donors (Lipinski definition) is 2. The average molecular weight is 262 g/mol. The molecule has 92 valence electrons. The van der Waals surface area contributed by atoms with Gasteiger partial charge in [0.25, 0.3) is 0 Å². The molecule has 1 aliphatic rings. The van der Waals surface area contributed by atoms with Crippen molar-refractivity contribution in [2.75, 3.05) is 0 Å². The van der Waals surface area contributed by atoms with E-state index in [9.17, 15) is 14.4 Å². The zero-order chi connectivity index (χ0) is 13.3. The van der Waals surface area contributed by atoms with E-state index in [0.29, 0.717) is 16.7 Å². The lowest BCUT2D eigenvalue weighted by molar-refractivity contribution is -0.136. The second-order valence-corrected chi connectivity index (χ2v) is 4.58. The lowest BCUT2D eigenvalue weighted by Crippen LogP contribution is -2.22. The highest BCUT2D eigenvalue weighted by Gasteiger charge is 2.28. The monoisotopic (exact) mass is 262 g/mol. The number of hydrogen-bond acceptors (Lipinski definition) is 4. The molecular formula is C13H10O4S. The van der Waals surface area contributed by atoms with Crippen LogP contribution < -0.4 is 0 Å². The maximum absolute atomic E-state index is 11.7. The zero-order valence-electron chi connectivity index (χ0n) is 9.29. The van der Waals surface area contributed by atoms with Gasteiger partial charge in [-0.05, 0) is 17.2 Å². The summed E-state index contributed by atoms with van der Waals surface area (Å²) < 4.78 is 0. The van der Waals surface area contributed by atoms with E-state index in [2.05, 4.69) is 12.6 Å². The Morgan fingerprint density at radius 3 is 2.44 bits per heavy atom. The van der Waals surface area contributed by atoms with Crippen LogP contribution in [0, 0.1) is 0 Å². The van der Waals surface area contributed by atoms with E-state index < -0.39 is 22.8 Å². The average Bonchev–Trinajstić information content (AvgIpc) is 2.33. The second kappa shape index (κ2) is 4.78. The molecule has 1 atom stereocenters. The molecule has 1 aromatic carbocycles. The van der Waals surface area contributed by atoms with E-state index in [1.165, 1.54) is 6.08 Å². The number of allylic oxidation sites excluding steroid dienone is 1. The van der Waals surface area contributed by atoms with Gasteiger partial charge in [0.1, 0.15) is 0 Å². The molecule has 0 aliphatic heterocycles. The van der Waals surface area contributed by atoms with Crippen molar-refractivity contribution in [2.24, 2.45) is 0 Å². The number of carbonyl (C=O) groups is 3. The minimum Gasteiger partial charge on any atom is -0.481 e. The largest absolute Gasteiger partial charge is 0.481 e. The Bertz CT molecular complexity index is 574. The minimum absolute atomic E-state index is 0.204. The van der Waals surface area contributed by atoms with E-state index in [1.807, 2.05) is 0 Å². The molecule has 0 bridgehead atoms. The number of carboxylic acids is 1. The number of aliphatic carboxylic acids is 1. The van der Waals surface area contributed by atoms with E-state index in [4.69, 9.17) is 5.11 Å². The first-order chi connectivity index (χ1) is 8.50. The first-order valence-corrected chi connectivity index (χ1v) is 5.82. The fourth-order valence-electron chi connectivity index (χ4n) is 1.90. The van der Waals surface area contributed by atoms with Crippen molar-refractivity contribution in [3.05, 3.63) is 41.5 Å². The molecule has 0 saturated carbocycles. The molecule has 1 aromatic rings. The van der Waals surface area contributed by atoms with Crippen LogP contribution in [0.15, 0.2) is 30.3 Å². The van der Waals surface area contributed by atoms with Gasteiger partial charge in [-0.25, -0.2) is 0 Å². The SMILES string of the molecule is O=C(O)CC(S)C1=CC(=O)C(=O)c2ccccc21. The molecule has 4 nitrogen and oxygen atoms in total. The number of thiol groups is 1. The summed E-state index contributed by atoms with van der Waals surface area (Å²) in [6.45, 7) is 0. The van der Waals surface area contributed by atoms with Crippen molar-refractivity contribution in [3.63, 3.8) is 0 Å². The van der Waals surface area contributed by atoms with Crippen LogP contribution in [0.25, 0.3) is 5.57 Å². The number of Topliss-reactive ketones (excluding diaryl/α,β-unsaturated/α-hetero) is 1. The number of ketones is 2. The summed E-state index contributed by atoms with van der Waals surface area (Å²) in [6.07, 6.45) is 0.982. The molecule has 0 spiro atoms. The number of carboxylic acid groups (broad SMARTS) is 1. The number of rotatable bonds is 3. The summed E-state index contributed by atoms with van der Waals surface area (Å²) in [6, 6.07) is 6.65. The van der Waals surface area contributed by atoms with Crippen molar-refractivity contribution in [1.29, 1.82) is 0 Å². The Morgan fingerprint density at radius 1 is 1.22 bits per heavy atom. The molecule has 1 unspecified atom stereocenters. The van der Waals surface area contributed by atoms with Crippen molar-refractivity contribution < 1.29 is 19.5 Å². The van der Waals surface area contributed by atoms with Gasteiger partial charge in [0.05, 0.1) is 6.42 Å².